The van der Waals surface area contributed by atoms with Crippen molar-refractivity contribution in [3.05, 3.63) is 157 Å². The van der Waals surface area contributed by atoms with E-state index in [0.717, 1.165) is 24.1 Å². The fourth-order valence-corrected chi connectivity index (χ4v) is 5.22. The van der Waals surface area contributed by atoms with Crippen LogP contribution in [-0.4, -0.2) is 58.3 Å². The fourth-order valence-electron chi connectivity index (χ4n) is 4.66. The van der Waals surface area contributed by atoms with Gasteiger partial charge in [-0.3, -0.25) is 9.55 Å². The third-order valence-corrected chi connectivity index (χ3v) is 8.72. The molecule has 1 aromatic carbocycles. The van der Waals surface area contributed by atoms with E-state index < -0.39 is 34.7 Å². The van der Waals surface area contributed by atoms with Gasteiger partial charge in [0.1, 0.15) is 0 Å². The second-order valence-corrected chi connectivity index (χ2v) is 13.6. The summed E-state index contributed by atoms with van der Waals surface area (Å²) in [7, 11) is -4.63. The number of nitrogens with zero attached hydrogens (tertiary/aromatic N) is 1. The molecule has 0 bridgehead atoms. The molecule has 53 heavy (non-hydrogen) atoms. The maximum absolute atomic E-state index is 11.5. The Balaban J connectivity index is 2.47. The molecule has 10 heteroatoms. The van der Waals surface area contributed by atoms with Gasteiger partial charge >= 0.3 is 16.4 Å². The summed E-state index contributed by atoms with van der Waals surface area (Å²) in [5.74, 6) is -1.78. The van der Waals surface area contributed by atoms with E-state index in [1.165, 1.54) is 6.92 Å². The number of carbonyl (C=O) groups is 1. The van der Waals surface area contributed by atoms with Crippen LogP contribution in [0, 0.1) is 17.8 Å². The number of hydrogen-bond donors (Lipinski definition) is 4. The van der Waals surface area contributed by atoms with Gasteiger partial charge in [-0.05, 0) is 38.7 Å². The molecule has 0 fully saturated rings. The van der Waals surface area contributed by atoms with E-state index in [1.54, 1.807) is 54.7 Å². The van der Waals surface area contributed by atoms with Crippen LogP contribution < -0.4 is 0 Å². The lowest BCUT2D eigenvalue weighted by Crippen LogP contribution is -2.32. The number of aliphatic hydroxyl groups excluding tert-OH is 2. The number of aliphatic hydroxyl groups is 2. The maximum atomic E-state index is 11.5. The van der Waals surface area contributed by atoms with Crippen LogP contribution in [0.2, 0.25) is 0 Å². The van der Waals surface area contributed by atoms with Crippen molar-refractivity contribution in [2.45, 2.75) is 78.7 Å². The molecule has 6 unspecified atom stereocenters. The number of carboxylic acid groups (broad SMARTS) is 1. The SMILES string of the molecule is CC(=CC=CC=CCCC=CC(C)C(O)C(C)C(O)C=CC=CC=CC=CC=CC=CCC(OS(=O)(=O)O)C(C)C(C)=NCc1ccccc1)C(=O)O. The molecule has 0 saturated heterocycles. The summed E-state index contributed by atoms with van der Waals surface area (Å²) in [4.78, 5) is 15.3. The topological polar surface area (TPSA) is 154 Å². The normalized spacial score (nSPS) is 17.6. The van der Waals surface area contributed by atoms with Crippen molar-refractivity contribution in [2.24, 2.45) is 22.7 Å². The Kier molecular flexibility index (Phi) is 23.9. The van der Waals surface area contributed by atoms with Gasteiger partial charge in [0.2, 0.25) is 0 Å². The molecule has 288 valence electrons. The van der Waals surface area contributed by atoms with E-state index in [0.29, 0.717) is 6.54 Å². The van der Waals surface area contributed by atoms with Crippen molar-refractivity contribution in [3.63, 3.8) is 0 Å². The zero-order chi connectivity index (χ0) is 39.5. The number of allylic oxidation sites excluding steroid dienone is 16. The van der Waals surface area contributed by atoms with E-state index in [-0.39, 0.29) is 29.7 Å². The minimum Gasteiger partial charge on any atom is -0.478 e. The van der Waals surface area contributed by atoms with E-state index >= 15 is 0 Å². The molecule has 0 amide bonds. The zero-order valence-electron chi connectivity index (χ0n) is 31.4. The minimum atomic E-state index is -4.63. The summed E-state index contributed by atoms with van der Waals surface area (Å²) in [6, 6.07) is 9.72. The van der Waals surface area contributed by atoms with E-state index in [9.17, 15) is 28.0 Å². The molecular formula is C43H57NO8S. The number of unbranched alkanes of at least 4 members (excludes halogenated alkanes) is 1. The van der Waals surface area contributed by atoms with Crippen LogP contribution in [-0.2, 0) is 25.9 Å². The molecule has 1 aromatic rings. The van der Waals surface area contributed by atoms with Crippen molar-refractivity contribution in [1.82, 2.24) is 0 Å². The van der Waals surface area contributed by atoms with Gasteiger partial charge in [0.15, 0.2) is 0 Å². The number of carboxylic acids is 1. The van der Waals surface area contributed by atoms with Crippen LogP contribution in [0.1, 0.15) is 59.4 Å². The Morgan fingerprint density at radius 1 is 0.774 bits per heavy atom. The summed E-state index contributed by atoms with van der Waals surface area (Å²) in [6.45, 7) is 9.37. The summed E-state index contributed by atoms with van der Waals surface area (Å²) in [5.41, 5.74) is 2.03. The van der Waals surface area contributed by atoms with E-state index in [1.807, 2.05) is 119 Å². The summed E-state index contributed by atoms with van der Waals surface area (Å²) < 4.78 is 37.2. The molecule has 0 aliphatic heterocycles. The predicted octanol–water partition coefficient (Wildman–Crippen LogP) is 8.67. The monoisotopic (exact) mass is 747 g/mol. The first-order valence-electron chi connectivity index (χ1n) is 17.7. The number of rotatable bonds is 24. The van der Waals surface area contributed by atoms with Gasteiger partial charge in [0, 0.05) is 29.0 Å². The molecule has 9 nitrogen and oxygen atoms in total. The third-order valence-electron chi connectivity index (χ3n) is 8.23. The van der Waals surface area contributed by atoms with Gasteiger partial charge in [-0.25, -0.2) is 8.98 Å². The first-order valence-corrected chi connectivity index (χ1v) is 19.1. The van der Waals surface area contributed by atoms with Crippen LogP contribution in [0.5, 0.6) is 0 Å². The second kappa shape index (κ2) is 27.2. The van der Waals surface area contributed by atoms with Gasteiger partial charge in [-0.15, -0.1) is 0 Å². The Hall–Kier alpha value is -4.45. The van der Waals surface area contributed by atoms with Crippen molar-refractivity contribution < 1.29 is 37.3 Å². The van der Waals surface area contributed by atoms with Gasteiger partial charge in [-0.2, -0.15) is 8.42 Å². The highest BCUT2D eigenvalue weighted by atomic mass is 32.3. The van der Waals surface area contributed by atoms with Crippen LogP contribution in [0.25, 0.3) is 0 Å². The first-order chi connectivity index (χ1) is 25.2. The van der Waals surface area contributed by atoms with Crippen LogP contribution >= 0.6 is 0 Å². The molecule has 0 spiro atoms. The Morgan fingerprint density at radius 2 is 1.32 bits per heavy atom. The summed E-state index contributed by atoms with van der Waals surface area (Å²) in [6.07, 6.45) is 33.9. The van der Waals surface area contributed by atoms with Crippen molar-refractivity contribution in [1.29, 1.82) is 0 Å². The molecule has 0 aliphatic rings. The lowest BCUT2D eigenvalue weighted by Gasteiger charge is -2.25. The van der Waals surface area contributed by atoms with Crippen molar-refractivity contribution >= 4 is 22.1 Å². The molecule has 0 saturated carbocycles. The second-order valence-electron chi connectivity index (χ2n) is 12.6. The number of aliphatic imine (C=N–C) groups is 1. The lowest BCUT2D eigenvalue weighted by molar-refractivity contribution is -0.132. The quantitative estimate of drug-likeness (QED) is 0.0205. The average molecular weight is 748 g/mol. The third kappa shape index (κ3) is 23.0. The van der Waals surface area contributed by atoms with Crippen molar-refractivity contribution in [3.8, 4) is 0 Å². The van der Waals surface area contributed by atoms with Gasteiger partial charge in [-0.1, -0.05) is 167 Å². The molecule has 1 rings (SSSR count). The largest absolute Gasteiger partial charge is 0.478 e. The Labute approximate surface area is 316 Å². The smallest absolute Gasteiger partial charge is 0.397 e. The lowest BCUT2D eigenvalue weighted by atomic mass is 9.88. The molecule has 0 heterocycles. The average Bonchev–Trinajstić information content (AvgIpc) is 3.12. The zero-order valence-corrected chi connectivity index (χ0v) is 32.2. The molecule has 0 aromatic heterocycles. The number of hydrogen-bond acceptors (Lipinski definition) is 7. The summed E-state index contributed by atoms with van der Waals surface area (Å²) >= 11 is 0. The summed E-state index contributed by atoms with van der Waals surface area (Å²) in [5, 5.41) is 30.0. The fraction of sp³-hybridized carbons (Fsp3) is 0.349. The molecular weight excluding hydrogens is 691 g/mol. The predicted molar refractivity (Wildman–Crippen MR) is 217 cm³/mol. The van der Waals surface area contributed by atoms with Gasteiger partial charge in [0.05, 0.1) is 24.9 Å². The highest BCUT2D eigenvalue weighted by Crippen LogP contribution is 2.20. The molecule has 0 radical (unpaired) electrons. The van der Waals surface area contributed by atoms with Crippen LogP contribution in [0.15, 0.2) is 156 Å². The maximum Gasteiger partial charge on any atom is 0.397 e. The first kappa shape index (κ1) is 46.6. The minimum absolute atomic E-state index is 0.129. The molecule has 6 atom stereocenters. The van der Waals surface area contributed by atoms with Gasteiger partial charge in [0.25, 0.3) is 0 Å². The van der Waals surface area contributed by atoms with Crippen LogP contribution in [0.4, 0.5) is 0 Å². The number of benzene rings is 1. The van der Waals surface area contributed by atoms with Crippen LogP contribution in [0.3, 0.4) is 0 Å². The van der Waals surface area contributed by atoms with Crippen molar-refractivity contribution in [2.75, 3.05) is 0 Å². The van der Waals surface area contributed by atoms with E-state index in [4.69, 9.17) is 9.29 Å². The Morgan fingerprint density at radius 3 is 1.92 bits per heavy atom. The molecule has 4 N–H and O–H groups in total. The number of aliphatic carboxylic acids is 1. The standard InChI is InChI=1S/C43H57NO8S/c1-34(27-21-16-12-11-13-17-22-28-35(2)43(47)48)42(46)37(4)40(45)31-25-18-14-9-7-6-8-10-15-19-26-32-41(52-53(49,50)51)36(3)38(5)44-33-39-29-23-20-24-30-39/h6-11,13-15,17-31,34,36-37,40-42,45-46H,12,16,32-33H2,1-5H3,(H,47,48)(H,49,50,51). The van der Waals surface area contributed by atoms with Gasteiger partial charge < -0.3 is 15.3 Å². The highest BCUT2D eigenvalue weighted by molar-refractivity contribution is 7.80. The highest BCUT2D eigenvalue weighted by Gasteiger charge is 2.25. The molecule has 0 aliphatic carbocycles. The van der Waals surface area contributed by atoms with E-state index in [2.05, 4.69) is 4.99 Å². The Bertz CT molecular complexity index is 1660.